The molecule has 4 heteroatoms. The average molecular weight is 277 g/mol. The summed E-state index contributed by atoms with van der Waals surface area (Å²) < 4.78 is 10.7. The number of benzene rings is 1. The number of amides is 1. The van der Waals surface area contributed by atoms with Crippen LogP contribution >= 0.6 is 0 Å². The molecule has 1 N–H and O–H groups in total. The molecule has 0 spiro atoms. The quantitative estimate of drug-likeness (QED) is 0.919. The lowest BCUT2D eigenvalue weighted by atomic mass is 9.79. The number of carbonyl (C=O) groups excluding carboxylic acids is 1. The molecule has 0 unspecified atom stereocenters. The second-order valence-electron chi connectivity index (χ2n) is 5.56. The van der Waals surface area contributed by atoms with Crippen LogP contribution < -0.4 is 10.1 Å². The fourth-order valence-corrected chi connectivity index (χ4v) is 2.67. The van der Waals surface area contributed by atoms with Gasteiger partial charge in [-0.05, 0) is 55.9 Å². The van der Waals surface area contributed by atoms with Gasteiger partial charge in [-0.15, -0.1) is 0 Å². The maximum absolute atomic E-state index is 12.5. The summed E-state index contributed by atoms with van der Waals surface area (Å²) in [5, 5.41) is 2.95. The molecule has 0 saturated heterocycles. The largest absolute Gasteiger partial charge is 0.497 e. The first-order valence-electron chi connectivity index (χ1n) is 7.10. The molecular weight excluding hydrogens is 254 g/mol. The molecule has 0 aromatic heterocycles. The van der Waals surface area contributed by atoms with Gasteiger partial charge in [-0.25, -0.2) is 0 Å². The Bertz CT molecular complexity index is 447. The van der Waals surface area contributed by atoms with Gasteiger partial charge in [-0.2, -0.15) is 0 Å². The number of methoxy groups -OCH3 is 2. The SMILES string of the molecule is COc1ccc(NC(=O)C2(OC)CCC(C)CC2)cc1. The number of rotatable bonds is 4. The van der Waals surface area contributed by atoms with Crippen molar-refractivity contribution >= 4 is 11.6 Å². The Labute approximate surface area is 120 Å². The Morgan fingerprint density at radius 3 is 2.30 bits per heavy atom. The zero-order valence-electron chi connectivity index (χ0n) is 12.4. The third kappa shape index (κ3) is 3.12. The van der Waals surface area contributed by atoms with Gasteiger partial charge in [0.15, 0.2) is 0 Å². The second kappa shape index (κ2) is 6.27. The van der Waals surface area contributed by atoms with Crippen LogP contribution in [0.2, 0.25) is 0 Å². The number of hydrogen-bond acceptors (Lipinski definition) is 3. The number of hydrogen-bond donors (Lipinski definition) is 1. The summed E-state index contributed by atoms with van der Waals surface area (Å²) in [7, 11) is 3.25. The molecule has 0 aliphatic heterocycles. The highest BCUT2D eigenvalue weighted by Gasteiger charge is 2.41. The third-order valence-corrected chi connectivity index (χ3v) is 4.23. The molecule has 1 amide bonds. The van der Waals surface area contributed by atoms with Crippen LogP contribution in [-0.4, -0.2) is 25.7 Å². The molecule has 1 aliphatic carbocycles. The van der Waals surface area contributed by atoms with Gasteiger partial charge in [0, 0.05) is 12.8 Å². The van der Waals surface area contributed by atoms with E-state index >= 15 is 0 Å². The zero-order valence-corrected chi connectivity index (χ0v) is 12.4. The van der Waals surface area contributed by atoms with Crippen LogP contribution in [0, 0.1) is 5.92 Å². The van der Waals surface area contributed by atoms with E-state index in [1.54, 1.807) is 14.2 Å². The van der Waals surface area contributed by atoms with E-state index < -0.39 is 5.60 Å². The van der Waals surface area contributed by atoms with Gasteiger partial charge in [-0.1, -0.05) is 6.92 Å². The monoisotopic (exact) mass is 277 g/mol. The van der Waals surface area contributed by atoms with Gasteiger partial charge in [0.05, 0.1) is 7.11 Å². The molecule has 1 fully saturated rings. The molecule has 0 bridgehead atoms. The minimum atomic E-state index is -0.674. The molecule has 0 atom stereocenters. The Balaban J connectivity index is 2.05. The fourth-order valence-electron chi connectivity index (χ4n) is 2.67. The van der Waals surface area contributed by atoms with Crippen LogP contribution in [0.25, 0.3) is 0 Å². The summed E-state index contributed by atoms with van der Waals surface area (Å²) in [6, 6.07) is 7.34. The first kappa shape index (κ1) is 14.9. The highest BCUT2D eigenvalue weighted by atomic mass is 16.5. The molecule has 20 heavy (non-hydrogen) atoms. The minimum absolute atomic E-state index is 0.0444. The second-order valence-corrected chi connectivity index (χ2v) is 5.56. The summed E-state index contributed by atoms with van der Waals surface area (Å²) in [5.41, 5.74) is 0.0951. The van der Waals surface area contributed by atoms with Gasteiger partial charge in [0.25, 0.3) is 5.91 Å². The number of nitrogens with one attached hydrogen (secondary N) is 1. The van der Waals surface area contributed by atoms with E-state index in [-0.39, 0.29) is 5.91 Å². The van der Waals surface area contributed by atoms with Gasteiger partial charge in [0.2, 0.25) is 0 Å². The standard InChI is InChI=1S/C16H23NO3/c1-12-8-10-16(20-3,11-9-12)15(18)17-13-4-6-14(19-2)7-5-13/h4-7,12H,8-11H2,1-3H3,(H,17,18). The van der Waals surface area contributed by atoms with Crippen molar-refractivity contribution in [1.29, 1.82) is 0 Å². The maximum Gasteiger partial charge on any atom is 0.256 e. The lowest BCUT2D eigenvalue weighted by Crippen LogP contribution is -2.47. The van der Waals surface area contributed by atoms with Crippen LogP contribution in [0.3, 0.4) is 0 Å². The van der Waals surface area contributed by atoms with Crippen molar-refractivity contribution in [3.05, 3.63) is 24.3 Å². The smallest absolute Gasteiger partial charge is 0.256 e. The first-order valence-corrected chi connectivity index (χ1v) is 7.10. The van der Waals surface area contributed by atoms with E-state index in [9.17, 15) is 4.79 Å². The third-order valence-electron chi connectivity index (χ3n) is 4.23. The normalized spacial score (nSPS) is 26.1. The number of anilines is 1. The zero-order chi connectivity index (χ0) is 14.6. The van der Waals surface area contributed by atoms with Gasteiger partial charge in [-0.3, -0.25) is 4.79 Å². The van der Waals surface area contributed by atoms with Gasteiger partial charge in [0.1, 0.15) is 11.4 Å². The molecule has 110 valence electrons. The predicted octanol–water partition coefficient (Wildman–Crippen LogP) is 3.23. The van der Waals surface area contributed by atoms with Crippen molar-refractivity contribution in [2.45, 2.75) is 38.2 Å². The first-order chi connectivity index (χ1) is 9.59. The summed E-state index contributed by atoms with van der Waals surface area (Å²) in [6.07, 6.45) is 3.63. The van der Waals surface area contributed by atoms with Crippen LogP contribution in [0.5, 0.6) is 5.75 Å². The molecular formula is C16H23NO3. The van der Waals surface area contributed by atoms with Gasteiger partial charge < -0.3 is 14.8 Å². The molecule has 0 heterocycles. The van der Waals surface area contributed by atoms with Gasteiger partial charge >= 0.3 is 0 Å². The molecule has 0 radical (unpaired) electrons. The van der Waals surface area contributed by atoms with E-state index in [1.165, 1.54) is 0 Å². The summed E-state index contributed by atoms with van der Waals surface area (Å²) in [5.74, 6) is 1.40. The molecule has 4 nitrogen and oxygen atoms in total. The lowest BCUT2D eigenvalue weighted by Gasteiger charge is -2.36. The van der Waals surface area contributed by atoms with Crippen LogP contribution in [0.15, 0.2) is 24.3 Å². The molecule has 1 aromatic rings. The van der Waals surface area contributed by atoms with Crippen molar-refractivity contribution < 1.29 is 14.3 Å². The Kier molecular flexibility index (Phi) is 4.65. The van der Waals surface area contributed by atoms with E-state index in [0.717, 1.165) is 37.1 Å². The van der Waals surface area contributed by atoms with E-state index in [0.29, 0.717) is 5.92 Å². The highest BCUT2D eigenvalue weighted by molar-refractivity contribution is 5.97. The van der Waals surface area contributed by atoms with Crippen LogP contribution in [0.1, 0.15) is 32.6 Å². The topological polar surface area (TPSA) is 47.6 Å². The Hall–Kier alpha value is -1.55. The molecule has 2 rings (SSSR count). The van der Waals surface area contributed by atoms with Crippen molar-refractivity contribution in [1.82, 2.24) is 0 Å². The number of ether oxygens (including phenoxy) is 2. The fraction of sp³-hybridized carbons (Fsp3) is 0.562. The Morgan fingerprint density at radius 1 is 1.20 bits per heavy atom. The summed E-state index contributed by atoms with van der Waals surface area (Å²) in [4.78, 5) is 12.5. The maximum atomic E-state index is 12.5. The summed E-state index contributed by atoms with van der Waals surface area (Å²) in [6.45, 7) is 2.22. The summed E-state index contributed by atoms with van der Waals surface area (Å²) >= 11 is 0. The van der Waals surface area contributed by atoms with Crippen LogP contribution in [-0.2, 0) is 9.53 Å². The number of carbonyl (C=O) groups is 1. The molecule has 1 aromatic carbocycles. The van der Waals surface area contributed by atoms with E-state index in [4.69, 9.17) is 9.47 Å². The highest BCUT2D eigenvalue weighted by Crippen LogP contribution is 2.35. The van der Waals surface area contributed by atoms with Crippen molar-refractivity contribution in [2.75, 3.05) is 19.5 Å². The lowest BCUT2D eigenvalue weighted by molar-refractivity contribution is -0.142. The van der Waals surface area contributed by atoms with Crippen LogP contribution in [0.4, 0.5) is 5.69 Å². The van der Waals surface area contributed by atoms with E-state index in [1.807, 2.05) is 24.3 Å². The molecule has 1 aliphatic rings. The predicted molar refractivity (Wildman–Crippen MR) is 79.0 cm³/mol. The van der Waals surface area contributed by atoms with Crippen molar-refractivity contribution in [3.63, 3.8) is 0 Å². The Morgan fingerprint density at radius 2 is 1.80 bits per heavy atom. The molecule has 1 saturated carbocycles. The average Bonchev–Trinajstić information content (AvgIpc) is 2.49. The van der Waals surface area contributed by atoms with Crippen molar-refractivity contribution in [3.8, 4) is 5.75 Å². The van der Waals surface area contributed by atoms with E-state index in [2.05, 4.69) is 12.2 Å². The minimum Gasteiger partial charge on any atom is -0.497 e. The van der Waals surface area contributed by atoms with Crippen molar-refractivity contribution in [2.24, 2.45) is 5.92 Å².